The van der Waals surface area contributed by atoms with Crippen molar-refractivity contribution in [1.82, 2.24) is 14.9 Å². The number of nitrogens with two attached hydrogens (primary N) is 1. The Balaban J connectivity index is 1.80. The van der Waals surface area contributed by atoms with Crippen molar-refractivity contribution in [1.29, 1.82) is 0 Å². The van der Waals surface area contributed by atoms with Gasteiger partial charge in [-0.3, -0.25) is 10.1 Å². The van der Waals surface area contributed by atoms with Crippen LogP contribution in [0.4, 0.5) is 9.93 Å². The number of anilines is 1. The first-order chi connectivity index (χ1) is 11.0. The quantitative estimate of drug-likeness (QED) is 0.869. The van der Waals surface area contributed by atoms with E-state index in [4.69, 9.17) is 10.5 Å². The third kappa shape index (κ3) is 3.49. The number of hydrogen-bond acceptors (Lipinski definition) is 7. The molecule has 0 radical (unpaired) electrons. The summed E-state index contributed by atoms with van der Waals surface area (Å²) >= 11 is 2.58. The second-order valence-corrected chi connectivity index (χ2v) is 6.72. The molecule has 0 bridgehead atoms. The van der Waals surface area contributed by atoms with Crippen molar-refractivity contribution in [3.8, 4) is 10.6 Å². The second-order valence-electron chi connectivity index (χ2n) is 4.87. The Morgan fingerprint density at radius 2 is 2.09 bits per heavy atom. The van der Waals surface area contributed by atoms with Crippen molar-refractivity contribution in [3.63, 3.8) is 0 Å². The summed E-state index contributed by atoms with van der Waals surface area (Å²) in [5.74, 6) is -0.0813. The van der Waals surface area contributed by atoms with Crippen molar-refractivity contribution >= 4 is 39.7 Å². The molecule has 10 heteroatoms. The number of morpholine rings is 1. The molecule has 8 nitrogen and oxygen atoms in total. The average molecular weight is 353 g/mol. The van der Waals surface area contributed by atoms with Gasteiger partial charge in [-0.1, -0.05) is 11.3 Å². The highest BCUT2D eigenvalue weighted by atomic mass is 32.1. The number of aryl methyl sites for hydroxylation is 1. The van der Waals surface area contributed by atoms with Gasteiger partial charge in [-0.05, 0) is 6.92 Å². The van der Waals surface area contributed by atoms with Crippen molar-refractivity contribution in [2.75, 3.05) is 31.6 Å². The molecule has 2 aromatic heterocycles. The normalized spacial score (nSPS) is 14.7. The molecule has 1 aliphatic heterocycles. The Bertz CT molecular complexity index is 736. The maximum atomic E-state index is 12.4. The topological polar surface area (TPSA) is 110 Å². The molecule has 3 rings (SSSR count). The Kier molecular flexibility index (Phi) is 4.55. The van der Waals surface area contributed by atoms with Crippen molar-refractivity contribution in [3.05, 3.63) is 16.1 Å². The highest BCUT2D eigenvalue weighted by Gasteiger charge is 2.22. The number of primary amides is 1. The van der Waals surface area contributed by atoms with Gasteiger partial charge in [-0.15, -0.1) is 11.3 Å². The second kappa shape index (κ2) is 6.60. The standard InChI is InChI=1S/C13H15N5O3S2/c1-7-9(23-13(15-7)17-12(14)20)8-6-22-10(16-8)11(19)18-2-4-21-5-3-18/h6H,2-5H2,1H3,(H3,14,15,17,20). The van der Waals surface area contributed by atoms with Crippen LogP contribution < -0.4 is 11.1 Å². The zero-order valence-electron chi connectivity index (χ0n) is 12.4. The smallest absolute Gasteiger partial charge is 0.318 e. The van der Waals surface area contributed by atoms with Gasteiger partial charge in [0.15, 0.2) is 10.1 Å². The molecule has 0 atom stereocenters. The molecule has 122 valence electrons. The van der Waals surface area contributed by atoms with Gasteiger partial charge in [0.25, 0.3) is 5.91 Å². The minimum atomic E-state index is -0.660. The zero-order valence-corrected chi connectivity index (χ0v) is 14.0. The molecule has 3 N–H and O–H groups in total. The fraction of sp³-hybridized carbons (Fsp3) is 0.385. The van der Waals surface area contributed by atoms with Gasteiger partial charge in [0, 0.05) is 18.5 Å². The van der Waals surface area contributed by atoms with E-state index in [1.165, 1.54) is 22.7 Å². The van der Waals surface area contributed by atoms with E-state index in [1.807, 2.05) is 12.3 Å². The van der Waals surface area contributed by atoms with Crippen LogP contribution in [0, 0.1) is 6.92 Å². The van der Waals surface area contributed by atoms with E-state index in [1.54, 1.807) is 4.90 Å². The lowest BCUT2D eigenvalue weighted by atomic mass is 10.3. The van der Waals surface area contributed by atoms with E-state index in [-0.39, 0.29) is 5.91 Å². The number of carbonyl (C=O) groups is 2. The molecule has 3 heterocycles. The molecule has 0 aliphatic carbocycles. The van der Waals surface area contributed by atoms with Crippen molar-refractivity contribution in [2.24, 2.45) is 5.73 Å². The molecule has 0 saturated carbocycles. The summed E-state index contributed by atoms with van der Waals surface area (Å²) in [6.45, 7) is 4.10. The zero-order chi connectivity index (χ0) is 16.4. The van der Waals surface area contributed by atoms with Gasteiger partial charge in [0.05, 0.1) is 29.5 Å². The lowest BCUT2D eigenvalue weighted by Crippen LogP contribution is -2.40. The van der Waals surface area contributed by atoms with Gasteiger partial charge in [-0.25, -0.2) is 14.8 Å². The molecular weight excluding hydrogens is 338 g/mol. The molecular formula is C13H15N5O3S2. The van der Waals surface area contributed by atoms with Gasteiger partial charge < -0.3 is 15.4 Å². The summed E-state index contributed by atoms with van der Waals surface area (Å²) in [6, 6.07) is -0.660. The summed E-state index contributed by atoms with van der Waals surface area (Å²) in [7, 11) is 0. The highest BCUT2D eigenvalue weighted by molar-refractivity contribution is 7.19. The van der Waals surface area contributed by atoms with E-state index in [0.29, 0.717) is 42.1 Å². The average Bonchev–Trinajstić information content (AvgIpc) is 3.13. The van der Waals surface area contributed by atoms with Gasteiger partial charge in [0.2, 0.25) is 0 Å². The molecule has 3 amide bonds. The Labute approximate surface area is 140 Å². The monoisotopic (exact) mass is 353 g/mol. The molecule has 23 heavy (non-hydrogen) atoms. The molecule has 2 aromatic rings. The van der Waals surface area contributed by atoms with Crippen LogP contribution in [0.25, 0.3) is 10.6 Å². The summed E-state index contributed by atoms with van der Waals surface area (Å²) < 4.78 is 5.25. The summed E-state index contributed by atoms with van der Waals surface area (Å²) in [5, 5.41) is 5.13. The van der Waals surface area contributed by atoms with Crippen LogP contribution in [0.2, 0.25) is 0 Å². The van der Waals surface area contributed by atoms with Crippen LogP contribution in [-0.2, 0) is 4.74 Å². The summed E-state index contributed by atoms with van der Waals surface area (Å²) in [5.41, 5.74) is 6.50. The molecule has 1 saturated heterocycles. The largest absolute Gasteiger partial charge is 0.378 e. The van der Waals surface area contributed by atoms with Gasteiger partial charge in [-0.2, -0.15) is 0 Å². The van der Waals surface area contributed by atoms with Crippen LogP contribution >= 0.6 is 22.7 Å². The lowest BCUT2D eigenvalue weighted by Gasteiger charge is -2.25. The number of rotatable bonds is 3. The maximum Gasteiger partial charge on any atom is 0.318 e. The van der Waals surface area contributed by atoms with Crippen LogP contribution in [0.15, 0.2) is 5.38 Å². The van der Waals surface area contributed by atoms with E-state index in [9.17, 15) is 9.59 Å². The van der Waals surface area contributed by atoms with E-state index >= 15 is 0 Å². The highest BCUT2D eigenvalue weighted by Crippen LogP contribution is 2.33. The number of carbonyl (C=O) groups excluding carboxylic acids is 2. The Morgan fingerprint density at radius 3 is 2.78 bits per heavy atom. The maximum absolute atomic E-state index is 12.4. The predicted octanol–water partition coefficient (Wildman–Crippen LogP) is 1.54. The van der Waals surface area contributed by atoms with Gasteiger partial charge >= 0.3 is 6.03 Å². The molecule has 0 unspecified atom stereocenters. The van der Waals surface area contributed by atoms with Crippen LogP contribution in [0.3, 0.4) is 0 Å². The van der Waals surface area contributed by atoms with Crippen LogP contribution in [0.1, 0.15) is 15.5 Å². The van der Waals surface area contributed by atoms with E-state index in [2.05, 4.69) is 15.3 Å². The fourth-order valence-corrected chi connectivity index (χ4v) is 3.95. The van der Waals surface area contributed by atoms with Crippen LogP contribution in [0.5, 0.6) is 0 Å². The lowest BCUT2D eigenvalue weighted by molar-refractivity contribution is 0.0302. The summed E-state index contributed by atoms with van der Waals surface area (Å²) in [6.07, 6.45) is 0. The minimum Gasteiger partial charge on any atom is -0.378 e. The van der Waals surface area contributed by atoms with E-state index < -0.39 is 6.03 Å². The van der Waals surface area contributed by atoms with Crippen LogP contribution in [-0.4, -0.2) is 53.1 Å². The minimum absolute atomic E-state index is 0.0813. The number of urea groups is 1. The first-order valence-electron chi connectivity index (χ1n) is 6.91. The number of thiazole rings is 2. The third-order valence-electron chi connectivity index (χ3n) is 3.24. The molecule has 1 fully saturated rings. The van der Waals surface area contributed by atoms with Crippen molar-refractivity contribution < 1.29 is 14.3 Å². The Hall–Kier alpha value is -2.04. The van der Waals surface area contributed by atoms with Crippen molar-refractivity contribution in [2.45, 2.75) is 6.92 Å². The number of nitrogens with one attached hydrogen (secondary N) is 1. The molecule has 0 spiro atoms. The molecule has 1 aliphatic rings. The number of aromatic nitrogens is 2. The number of nitrogens with zero attached hydrogens (tertiary/aromatic N) is 3. The number of ether oxygens (including phenoxy) is 1. The van der Waals surface area contributed by atoms with Gasteiger partial charge in [0.1, 0.15) is 0 Å². The SMILES string of the molecule is Cc1nc(NC(N)=O)sc1-c1csc(C(=O)N2CCOCC2)n1. The number of hydrogen-bond donors (Lipinski definition) is 2. The first-order valence-corrected chi connectivity index (χ1v) is 8.61. The number of amides is 3. The predicted molar refractivity (Wildman–Crippen MR) is 87.9 cm³/mol. The third-order valence-corrected chi connectivity index (χ3v) is 5.17. The summed E-state index contributed by atoms with van der Waals surface area (Å²) in [4.78, 5) is 34.5. The molecule has 0 aromatic carbocycles. The first kappa shape index (κ1) is 15.8. The Morgan fingerprint density at radius 1 is 1.35 bits per heavy atom. The van der Waals surface area contributed by atoms with E-state index in [0.717, 1.165) is 10.6 Å². The fourth-order valence-electron chi connectivity index (χ4n) is 2.17.